The lowest BCUT2D eigenvalue weighted by molar-refractivity contribution is 0.0440. The van der Waals surface area contributed by atoms with Crippen molar-refractivity contribution < 1.29 is 27.2 Å². The molecule has 0 N–H and O–H groups in total. The first-order chi connectivity index (χ1) is 12.5. The van der Waals surface area contributed by atoms with Crippen molar-refractivity contribution in [2.24, 2.45) is 21.7 Å². The standard InChI is InChI=1S/C20H34O6P2/c1-17(2)11-23-27(21,24-12-17)9-15-16(20(7,8)19(15,5)6)10-28(22)25-13-18(3,4)14-26-28/h9-10H,11-14H2,1-8H3/b15-9-,16-10-. The average molecular weight is 432 g/mol. The van der Waals surface area contributed by atoms with Gasteiger partial charge in [0.1, 0.15) is 0 Å². The number of hydrogen-bond donors (Lipinski definition) is 0. The zero-order valence-electron chi connectivity index (χ0n) is 18.3. The largest absolute Gasteiger partial charge is 0.354 e. The van der Waals surface area contributed by atoms with Crippen molar-refractivity contribution in [2.45, 2.75) is 55.4 Å². The van der Waals surface area contributed by atoms with Crippen LogP contribution in [0.15, 0.2) is 22.8 Å². The van der Waals surface area contributed by atoms with E-state index in [0.29, 0.717) is 26.4 Å². The Kier molecular flexibility index (Phi) is 5.33. The maximum Gasteiger partial charge on any atom is 0.354 e. The van der Waals surface area contributed by atoms with Gasteiger partial charge in [0.2, 0.25) is 0 Å². The Bertz CT molecular complexity index is 723. The lowest BCUT2D eigenvalue weighted by Gasteiger charge is -2.57. The third-order valence-electron chi connectivity index (χ3n) is 6.31. The second-order valence-electron chi connectivity index (χ2n) is 10.8. The minimum atomic E-state index is -3.36. The summed E-state index contributed by atoms with van der Waals surface area (Å²) in [6.45, 7) is 17.9. The van der Waals surface area contributed by atoms with Crippen molar-refractivity contribution in [3.8, 4) is 0 Å². The molecule has 0 radical (unpaired) electrons. The minimum Gasteiger partial charge on any atom is -0.305 e. The van der Waals surface area contributed by atoms with Gasteiger partial charge >= 0.3 is 15.2 Å². The van der Waals surface area contributed by atoms with Gasteiger partial charge < -0.3 is 18.1 Å². The summed E-state index contributed by atoms with van der Waals surface area (Å²) in [5.74, 6) is 3.22. The highest BCUT2D eigenvalue weighted by Gasteiger charge is 2.57. The summed E-state index contributed by atoms with van der Waals surface area (Å²) in [7, 11) is -6.72. The number of hydrogen-bond acceptors (Lipinski definition) is 6. The Morgan fingerprint density at radius 3 is 1.11 bits per heavy atom. The highest BCUT2D eigenvalue weighted by atomic mass is 31.2. The van der Waals surface area contributed by atoms with Crippen LogP contribution >= 0.6 is 15.2 Å². The summed E-state index contributed by atoms with van der Waals surface area (Å²) < 4.78 is 48.8. The van der Waals surface area contributed by atoms with E-state index in [1.54, 1.807) is 11.6 Å². The van der Waals surface area contributed by atoms with Crippen molar-refractivity contribution in [1.29, 1.82) is 0 Å². The van der Waals surface area contributed by atoms with Crippen molar-refractivity contribution >= 4 is 15.2 Å². The molecule has 0 amide bonds. The second kappa shape index (κ2) is 6.64. The van der Waals surface area contributed by atoms with E-state index in [4.69, 9.17) is 18.1 Å². The Morgan fingerprint density at radius 2 is 0.857 bits per heavy atom. The fourth-order valence-corrected chi connectivity index (χ4v) is 7.55. The van der Waals surface area contributed by atoms with Crippen LogP contribution in [0.25, 0.3) is 0 Å². The highest BCUT2D eigenvalue weighted by Crippen LogP contribution is 2.70. The summed E-state index contributed by atoms with van der Waals surface area (Å²) in [5, 5.41) is 0. The molecule has 0 atom stereocenters. The third-order valence-corrected chi connectivity index (χ3v) is 9.42. The van der Waals surface area contributed by atoms with E-state index in [0.717, 1.165) is 11.1 Å². The van der Waals surface area contributed by atoms with E-state index in [2.05, 4.69) is 27.7 Å². The van der Waals surface area contributed by atoms with Gasteiger partial charge in [0, 0.05) is 22.5 Å². The maximum atomic E-state index is 13.1. The summed E-state index contributed by atoms with van der Waals surface area (Å²) >= 11 is 0. The van der Waals surface area contributed by atoms with Crippen molar-refractivity contribution in [3.63, 3.8) is 0 Å². The van der Waals surface area contributed by atoms with E-state index in [1.165, 1.54) is 0 Å². The molecule has 0 bridgehead atoms. The normalized spacial score (nSPS) is 34.7. The first-order valence-corrected chi connectivity index (χ1v) is 13.0. The molecule has 2 saturated heterocycles. The zero-order valence-corrected chi connectivity index (χ0v) is 20.1. The Morgan fingerprint density at radius 1 is 0.607 bits per heavy atom. The SMILES string of the molecule is CC1(C)COP(=O)(/C=C2/C(=C/P3(=O)OCC(C)(C)CO3)C(C)(C)C2(C)C)OC1. The van der Waals surface area contributed by atoms with Crippen LogP contribution in [0.4, 0.5) is 0 Å². The lowest BCUT2D eigenvalue weighted by Crippen LogP contribution is -2.48. The van der Waals surface area contributed by atoms with Gasteiger partial charge in [-0.2, -0.15) is 0 Å². The van der Waals surface area contributed by atoms with Crippen molar-refractivity contribution in [3.05, 3.63) is 22.8 Å². The fourth-order valence-electron chi connectivity index (χ4n) is 3.43. The van der Waals surface area contributed by atoms with Gasteiger partial charge in [-0.25, -0.2) is 0 Å². The molecule has 3 fully saturated rings. The molecule has 28 heavy (non-hydrogen) atoms. The molecule has 0 spiro atoms. The van der Waals surface area contributed by atoms with E-state index in [1.807, 2.05) is 27.7 Å². The molecule has 6 nitrogen and oxygen atoms in total. The molecule has 0 aromatic carbocycles. The number of rotatable bonds is 2. The second-order valence-corrected chi connectivity index (χ2v) is 14.5. The summed E-state index contributed by atoms with van der Waals surface area (Å²) in [4.78, 5) is 0. The van der Waals surface area contributed by atoms with Gasteiger partial charge in [-0.05, 0) is 22.0 Å². The third kappa shape index (κ3) is 4.02. The van der Waals surface area contributed by atoms with E-state index in [-0.39, 0.29) is 21.7 Å². The maximum absolute atomic E-state index is 13.1. The molecule has 2 heterocycles. The first-order valence-electron chi connectivity index (χ1n) is 9.76. The van der Waals surface area contributed by atoms with Crippen LogP contribution in [0.2, 0.25) is 0 Å². The molecule has 1 saturated carbocycles. The van der Waals surface area contributed by atoms with Crippen molar-refractivity contribution in [2.75, 3.05) is 26.4 Å². The molecular weight excluding hydrogens is 398 g/mol. The van der Waals surface area contributed by atoms with E-state index in [9.17, 15) is 9.13 Å². The van der Waals surface area contributed by atoms with Crippen LogP contribution < -0.4 is 0 Å². The van der Waals surface area contributed by atoms with Crippen LogP contribution in [0, 0.1) is 21.7 Å². The minimum absolute atomic E-state index is 0.166. The predicted octanol–water partition coefficient (Wildman–Crippen LogP) is 6.35. The summed E-state index contributed by atoms with van der Waals surface area (Å²) in [6, 6.07) is 0. The van der Waals surface area contributed by atoms with Gasteiger partial charge in [0.15, 0.2) is 0 Å². The molecule has 8 heteroatoms. The molecular formula is C20H34O6P2. The quantitative estimate of drug-likeness (QED) is 0.473. The smallest absolute Gasteiger partial charge is 0.305 e. The van der Waals surface area contributed by atoms with Gasteiger partial charge in [-0.3, -0.25) is 9.13 Å². The van der Waals surface area contributed by atoms with Crippen molar-refractivity contribution in [1.82, 2.24) is 0 Å². The fraction of sp³-hybridized carbons (Fsp3) is 0.800. The molecule has 160 valence electrons. The molecule has 3 aliphatic rings. The molecule has 3 rings (SSSR count). The lowest BCUT2D eigenvalue weighted by atomic mass is 9.48. The Hall–Kier alpha value is -0.220. The molecule has 0 unspecified atom stereocenters. The average Bonchev–Trinajstić information content (AvgIpc) is 2.57. The van der Waals surface area contributed by atoms with E-state index < -0.39 is 15.2 Å². The zero-order chi connectivity index (χ0) is 21.2. The Labute approximate surface area is 169 Å². The van der Waals surface area contributed by atoms with Crippen LogP contribution in [-0.4, -0.2) is 26.4 Å². The molecule has 2 aliphatic heterocycles. The summed E-state index contributed by atoms with van der Waals surface area (Å²) in [5.41, 5.74) is 0.746. The summed E-state index contributed by atoms with van der Waals surface area (Å²) in [6.07, 6.45) is 0. The van der Waals surface area contributed by atoms with Crippen LogP contribution in [-0.2, 0) is 27.2 Å². The van der Waals surface area contributed by atoms with E-state index >= 15 is 0 Å². The van der Waals surface area contributed by atoms with Gasteiger partial charge in [-0.15, -0.1) is 0 Å². The molecule has 1 aliphatic carbocycles. The molecule has 0 aromatic rings. The first kappa shape index (κ1) is 22.5. The Balaban J connectivity index is 1.94. The van der Waals surface area contributed by atoms with Gasteiger partial charge in [0.25, 0.3) is 0 Å². The highest BCUT2D eigenvalue weighted by molar-refractivity contribution is 7.57. The predicted molar refractivity (Wildman–Crippen MR) is 110 cm³/mol. The van der Waals surface area contributed by atoms with Crippen LogP contribution in [0.3, 0.4) is 0 Å². The van der Waals surface area contributed by atoms with Gasteiger partial charge in [0.05, 0.1) is 26.4 Å². The monoisotopic (exact) mass is 432 g/mol. The topological polar surface area (TPSA) is 71.1 Å². The molecule has 0 aromatic heterocycles. The van der Waals surface area contributed by atoms with Crippen LogP contribution in [0.1, 0.15) is 55.4 Å². The van der Waals surface area contributed by atoms with Crippen LogP contribution in [0.5, 0.6) is 0 Å². The number of allylic oxidation sites excluding steroid dienone is 2. The van der Waals surface area contributed by atoms with Gasteiger partial charge in [-0.1, -0.05) is 55.4 Å².